The molecule has 1 aromatic rings. The molecule has 0 radical (unpaired) electrons. The minimum atomic E-state index is -0.866. The predicted molar refractivity (Wildman–Crippen MR) is 67.0 cm³/mol. The van der Waals surface area contributed by atoms with Gasteiger partial charge in [-0.1, -0.05) is 37.3 Å². The fourth-order valence-corrected chi connectivity index (χ4v) is 1.84. The molecule has 0 amide bonds. The molecule has 1 rings (SSSR count). The number of hydrogen-bond donors (Lipinski definition) is 0. The highest BCUT2D eigenvalue weighted by molar-refractivity contribution is 5.94. The highest BCUT2D eigenvalue weighted by Crippen LogP contribution is 2.24. The molecule has 0 saturated heterocycles. The largest absolute Gasteiger partial charge is 0.468 e. The van der Waals surface area contributed by atoms with Crippen molar-refractivity contribution in [2.45, 2.75) is 19.3 Å². The van der Waals surface area contributed by atoms with Gasteiger partial charge in [-0.25, -0.2) is 0 Å². The molecule has 1 atom stereocenters. The highest BCUT2D eigenvalue weighted by atomic mass is 16.5. The standard InChI is InChI=1S/C14H18O4/c1-10(11-7-5-4-6-8-11)9-12(13(15)17-2)14(16)18-3/h4-8,10,12H,9H2,1-3H3/t10-/m0/s1. The van der Waals surface area contributed by atoms with Crippen LogP contribution in [0.1, 0.15) is 24.8 Å². The van der Waals surface area contributed by atoms with Crippen molar-refractivity contribution < 1.29 is 19.1 Å². The van der Waals surface area contributed by atoms with E-state index in [1.54, 1.807) is 0 Å². The zero-order valence-electron chi connectivity index (χ0n) is 10.9. The Morgan fingerprint density at radius 3 is 2.00 bits per heavy atom. The zero-order chi connectivity index (χ0) is 13.5. The van der Waals surface area contributed by atoms with Crippen LogP contribution in [0.4, 0.5) is 0 Å². The zero-order valence-corrected chi connectivity index (χ0v) is 10.9. The topological polar surface area (TPSA) is 52.6 Å². The molecule has 0 aromatic heterocycles. The third-order valence-electron chi connectivity index (χ3n) is 2.93. The summed E-state index contributed by atoms with van der Waals surface area (Å²) in [5.74, 6) is -1.89. The van der Waals surface area contributed by atoms with Crippen molar-refractivity contribution in [2.75, 3.05) is 14.2 Å². The van der Waals surface area contributed by atoms with Gasteiger partial charge in [-0.15, -0.1) is 0 Å². The Balaban J connectivity index is 2.78. The number of carbonyl (C=O) groups is 2. The van der Waals surface area contributed by atoms with Crippen molar-refractivity contribution in [2.24, 2.45) is 5.92 Å². The number of ether oxygens (including phenoxy) is 2. The summed E-state index contributed by atoms with van der Waals surface area (Å²) < 4.78 is 9.26. The maximum absolute atomic E-state index is 11.6. The normalized spacial score (nSPS) is 12.0. The fraction of sp³-hybridized carbons (Fsp3) is 0.429. The van der Waals surface area contributed by atoms with Gasteiger partial charge in [0.15, 0.2) is 5.92 Å². The second-order valence-corrected chi connectivity index (χ2v) is 4.15. The van der Waals surface area contributed by atoms with Crippen molar-refractivity contribution in [1.82, 2.24) is 0 Å². The summed E-state index contributed by atoms with van der Waals surface area (Å²) in [4.78, 5) is 23.1. The van der Waals surface area contributed by atoms with Gasteiger partial charge in [-0.3, -0.25) is 9.59 Å². The van der Waals surface area contributed by atoms with E-state index in [4.69, 9.17) is 0 Å². The van der Waals surface area contributed by atoms with Gasteiger partial charge in [0.2, 0.25) is 0 Å². The molecule has 0 saturated carbocycles. The molecule has 0 bridgehead atoms. The molecule has 0 heterocycles. The number of rotatable bonds is 5. The van der Waals surface area contributed by atoms with Gasteiger partial charge in [0.05, 0.1) is 14.2 Å². The van der Waals surface area contributed by atoms with E-state index >= 15 is 0 Å². The Labute approximate surface area is 107 Å². The minimum Gasteiger partial charge on any atom is -0.468 e. The quantitative estimate of drug-likeness (QED) is 0.593. The molecule has 0 fully saturated rings. The molecule has 0 aliphatic rings. The Morgan fingerprint density at radius 1 is 1.06 bits per heavy atom. The summed E-state index contributed by atoms with van der Waals surface area (Å²) >= 11 is 0. The molecule has 0 aliphatic carbocycles. The van der Waals surface area contributed by atoms with Crippen LogP contribution in [0.15, 0.2) is 30.3 Å². The molecule has 18 heavy (non-hydrogen) atoms. The second kappa shape index (κ2) is 6.79. The lowest BCUT2D eigenvalue weighted by Crippen LogP contribution is -2.27. The molecular weight excluding hydrogens is 232 g/mol. The maximum Gasteiger partial charge on any atom is 0.320 e. The third kappa shape index (κ3) is 3.58. The summed E-state index contributed by atoms with van der Waals surface area (Å²) in [5, 5.41) is 0. The lowest BCUT2D eigenvalue weighted by Gasteiger charge is -2.17. The van der Waals surface area contributed by atoms with E-state index in [1.165, 1.54) is 14.2 Å². The van der Waals surface area contributed by atoms with Gasteiger partial charge in [0, 0.05) is 0 Å². The monoisotopic (exact) mass is 250 g/mol. The summed E-state index contributed by atoms with van der Waals surface area (Å²) in [6.07, 6.45) is 0.378. The van der Waals surface area contributed by atoms with Gasteiger partial charge in [-0.2, -0.15) is 0 Å². The van der Waals surface area contributed by atoms with Crippen molar-refractivity contribution in [3.05, 3.63) is 35.9 Å². The summed E-state index contributed by atoms with van der Waals surface area (Å²) in [6, 6.07) is 9.72. The Kier molecular flexibility index (Phi) is 5.36. The average molecular weight is 250 g/mol. The van der Waals surface area contributed by atoms with E-state index in [0.29, 0.717) is 6.42 Å². The third-order valence-corrected chi connectivity index (χ3v) is 2.93. The molecule has 98 valence electrons. The fourth-order valence-electron chi connectivity index (χ4n) is 1.84. The van der Waals surface area contributed by atoms with Crippen LogP contribution in [0.3, 0.4) is 0 Å². The van der Waals surface area contributed by atoms with Crippen LogP contribution < -0.4 is 0 Å². The van der Waals surface area contributed by atoms with Crippen molar-refractivity contribution >= 4 is 11.9 Å². The van der Waals surface area contributed by atoms with Crippen LogP contribution in [0.5, 0.6) is 0 Å². The molecule has 0 N–H and O–H groups in total. The first kappa shape index (κ1) is 14.2. The molecule has 1 aromatic carbocycles. The molecule has 0 unspecified atom stereocenters. The highest BCUT2D eigenvalue weighted by Gasteiger charge is 2.30. The number of carbonyl (C=O) groups excluding carboxylic acids is 2. The van der Waals surface area contributed by atoms with E-state index in [1.807, 2.05) is 37.3 Å². The number of esters is 2. The molecule has 4 heteroatoms. The van der Waals surface area contributed by atoms with E-state index in [0.717, 1.165) is 5.56 Å². The number of benzene rings is 1. The van der Waals surface area contributed by atoms with Gasteiger partial charge in [0.25, 0.3) is 0 Å². The first-order valence-electron chi connectivity index (χ1n) is 5.80. The Morgan fingerprint density at radius 2 is 1.56 bits per heavy atom. The molecular formula is C14H18O4. The van der Waals surface area contributed by atoms with Crippen LogP contribution in [-0.2, 0) is 19.1 Å². The number of hydrogen-bond acceptors (Lipinski definition) is 4. The first-order chi connectivity index (χ1) is 8.60. The summed E-state index contributed by atoms with van der Waals surface area (Å²) in [6.45, 7) is 1.97. The van der Waals surface area contributed by atoms with E-state index < -0.39 is 17.9 Å². The lowest BCUT2D eigenvalue weighted by molar-refractivity contribution is -0.159. The first-order valence-corrected chi connectivity index (χ1v) is 5.80. The van der Waals surface area contributed by atoms with Gasteiger partial charge >= 0.3 is 11.9 Å². The van der Waals surface area contributed by atoms with Crippen molar-refractivity contribution in [1.29, 1.82) is 0 Å². The van der Waals surface area contributed by atoms with Crippen molar-refractivity contribution in [3.8, 4) is 0 Å². The van der Waals surface area contributed by atoms with E-state index in [-0.39, 0.29) is 5.92 Å². The summed E-state index contributed by atoms with van der Waals surface area (Å²) in [7, 11) is 2.54. The van der Waals surface area contributed by atoms with Crippen LogP contribution in [0.2, 0.25) is 0 Å². The number of methoxy groups -OCH3 is 2. The van der Waals surface area contributed by atoms with E-state index in [2.05, 4.69) is 9.47 Å². The van der Waals surface area contributed by atoms with Crippen molar-refractivity contribution in [3.63, 3.8) is 0 Å². The lowest BCUT2D eigenvalue weighted by atomic mass is 9.90. The SMILES string of the molecule is COC(=O)C(C[C@H](C)c1ccccc1)C(=O)OC. The molecule has 4 nitrogen and oxygen atoms in total. The second-order valence-electron chi connectivity index (χ2n) is 4.15. The van der Waals surface area contributed by atoms with Crippen LogP contribution in [0.25, 0.3) is 0 Å². The maximum atomic E-state index is 11.6. The summed E-state index contributed by atoms with van der Waals surface area (Å²) in [5.41, 5.74) is 1.08. The molecule has 0 aliphatic heterocycles. The van der Waals surface area contributed by atoms with Gasteiger partial charge < -0.3 is 9.47 Å². The minimum absolute atomic E-state index is 0.0781. The van der Waals surface area contributed by atoms with Crippen LogP contribution in [-0.4, -0.2) is 26.2 Å². The van der Waals surface area contributed by atoms with Gasteiger partial charge in [-0.05, 0) is 17.9 Å². The van der Waals surface area contributed by atoms with Crippen LogP contribution in [0, 0.1) is 5.92 Å². The molecule has 0 spiro atoms. The Bertz CT molecular complexity index is 384. The smallest absolute Gasteiger partial charge is 0.320 e. The van der Waals surface area contributed by atoms with Crippen LogP contribution >= 0.6 is 0 Å². The van der Waals surface area contributed by atoms with Gasteiger partial charge in [0.1, 0.15) is 0 Å². The predicted octanol–water partition coefficient (Wildman–Crippen LogP) is 2.14. The van der Waals surface area contributed by atoms with E-state index in [9.17, 15) is 9.59 Å². The Hall–Kier alpha value is -1.84. The average Bonchev–Trinajstić information content (AvgIpc) is 2.43.